The van der Waals surface area contributed by atoms with Gasteiger partial charge in [0.2, 0.25) is 7.85 Å². The smallest absolute Gasteiger partial charge is 0.214 e. The van der Waals surface area contributed by atoms with Gasteiger partial charge in [0.1, 0.15) is 0 Å². The molecule has 0 N–H and O–H groups in total. The Morgan fingerprint density at radius 2 is 1.67 bits per heavy atom. The molecule has 4 heteroatoms. The highest BCUT2D eigenvalue weighted by Gasteiger charge is 1.41. The van der Waals surface area contributed by atoms with Crippen molar-refractivity contribution in [3.05, 3.63) is 0 Å². The van der Waals surface area contributed by atoms with Gasteiger partial charge < -0.3 is 0 Å². The van der Waals surface area contributed by atoms with E-state index in [1.165, 1.54) is 5.97 Å². The minimum atomic E-state index is 0.194. The predicted molar refractivity (Wildman–Crippen MR) is 27.9 cm³/mol. The molecule has 0 heterocycles. The molecule has 2 radical (unpaired) electrons. The maximum Gasteiger partial charge on any atom is 0.229 e. The molecule has 6 heavy (non-hydrogen) atoms. The normalized spacial score (nSPS) is 4.17. The molecular formula is C2H2BCl2N. The van der Waals surface area contributed by atoms with Crippen LogP contribution in [0.4, 0.5) is 0 Å². The molecule has 0 aromatic heterocycles. The van der Waals surface area contributed by atoms with E-state index in [1.54, 1.807) is 0 Å². The largest absolute Gasteiger partial charge is 0.229 e. The minimum Gasteiger partial charge on any atom is -0.214 e. The van der Waals surface area contributed by atoms with Crippen LogP contribution in [0.15, 0.2) is 0 Å². The monoisotopic (exact) mass is 121 g/mol. The van der Waals surface area contributed by atoms with Crippen LogP contribution in [-0.2, 0) is 0 Å². The van der Waals surface area contributed by atoms with Gasteiger partial charge in [-0.05, 0) is 5.97 Å². The predicted octanol–water partition coefficient (Wildman–Crippen LogP) is 1.06. The molecule has 0 aliphatic heterocycles. The van der Waals surface area contributed by atoms with Crippen molar-refractivity contribution >= 4 is 31.0 Å². The Balaban J connectivity index is 0. The highest BCUT2D eigenvalue weighted by atomic mass is 35.5. The van der Waals surface area contributed by atoms with Crippen LogP contribution in [0.5, 0.6) is 0 Å². The molecule has 0 saturated heterocycles. The first kappa shape index (κ1) is 9.46. The van der Waals surface area contributed by atoms with E-state index in [2.05, 4.69) is 7.85 Å². The molecular weight excluding hydrogens is 120 g/mol. The molecule has 0 aromatic rings. The summed E-state index contributed by atoms with van der Waals surface area (Å²) in [4.78, 5) is 0. The van der Waals surface area contributed by atoms with Gasteiger partial charge in [-0.2, -0.15) is 0 Å². The van der Waals surface area contributed by atoms with Crippen molar-refractivity contribution in [2.75, 3.05) is 5.34 Å². The second-order valence-electron chi connectivity index (χ2n) is 0.230. The third kappa shape index (κ3) is 2230. The fraction of sp³-hybridized carbons (Fsp3) is 0.500. The van der Waals surface area contributed by atoms with Crippen molar-refractivity contribution in [1.82, 2.24) is 0 Å². The lowest BCUT2D eigenvalue weighted by atomic mass is 10.2. The number of nitriles is 1. The van der Waals surface area contributed by atoms with Gasteiger partial charge in [-0.3, -0.25) is 0 Å². The lowest BCUT2D eigenvalue weighted by molar-refractivity contribution is 1.57. The molecule has 0 amide bonds. The molecule has 0 fully saturated rings. The maximum absolute atomic E-state index is 7.10. The summed E-state index contributed by atoms with van der Waals surface area (Å²) in [5.41, 5.74) is 0. The number of hydrogen-bond acceptors (Lipinski definition) is 1. The quantitative estimate of drug-likeness (QED) is 0.348. The topological polar surface area (TPSA) is 23.8 Å². The summed E-state index contributed by atoms with van der Waals surface area (Å²) in [7, 11) is 4.15. The molecule has 0 rings (SSSR count). The zero-order chi connectivity index (χ0) is 5.41. The van der Waals surface area contributed by atoms with Gasteiger partial charge in [-0.25, -0.2) is 5.26 Å². The Morgan fingerprint density at radius 1 is 1.67 bits per heavy atom. The van der Waals surface area contributed by atoms with Crippen LogP contribution in [-0.4, -0.2) is 13.2 Å². The van der Waals surface area contributed by atoms with Gasteiger partial charge in [0.25, 0.3) is 0 Å². The molecule has 0 aromatic carbocycles. The van der Waals surface area contributed by atoms with Crippen LogP contribution in [0.1, 0.15) is 0 Å². The Morgan fingerprint density at radius 3 is 1.67 bits per heavy atom. The highest BCUT2D eigenvalue weighted by molar-refractivity contribution is 6.40. The van der Waals surface area contributed by atoms with Crippen LogP contribution in [0.25, 0.3) is 0 Å². The van der Waals surface area contributed by atoms with Crippen molar-refractivity contribution < 1.29 is 0 Å². The first-order valence-electron chi connectivity index (χ1n) is 1.05. The average molecular weight is 122 g/mol. The molecule has 0 bridgehead atoms. The highest BCUT2D eigenvalue weighted by Crippen LogP contribution is 1.73. The second-order valence-corrected chi connectivity index (χ2v) is 1.04. The second kappa shape index (κ2) is 19.3. The molecule has 0 atom stereocenters. The zero-order valence-corrected chi connectivity index (χ0v) is 4.50. The molecule has 0 saturated carbocycles. The summed E-state index contributed by atoms with van der Waals surface area (Å²) in [6, 6.07) is 0. The van der Waals surface area contributed by atoms with E-state index in [9.17, 15) is 0 Å². The summed E-state index contributed by atoms with van der Waals surface area (Å²) in [5.74, 6) is 1.25. The lowest BCUT2D eigenvalue weighted by Gasteiger charge is -1.42. The van der Waals surface area contributed by atoms with E-state index in [0.717, 1.165) is 0 Å². The molecule has 0 spiro atoms. The van der Waals surface area contributed by atoms with E-state index in [4.69, 9.17) is 28.5 Å². The SMILES string of the molecule is ClCCl.[B]C#N. The number of halogens is 2. The average Bonchev–Trinajstić information content (AvgIpc) is 1.39. The molecule has 0 unspecified atom stereocenters. The fourth-order valence-electron chi connectivity index (χ4n) is 0. The minimum absolute atomic E-state index is 0.194. The number of hydrogen-bond donors (Lipinski definition) is 0. The standard InChI is InChI=1S/CBN.CH2Cl2/c2*2-1-3/h;1H2. The van der Waals surface area contributed by atoms with Crippen molar-refractivity contribution in [2.24, 2.45) is 0 Å². The summed E-state index contributed by atoms with van der Waals surface area (Å²) < 4.78 is 0. The number of nitrogens with zero attached hydrogens (tertiary/aromatic N) is 1. The first-order chi connectivity index (χ1) is 2.83. The van der Waals surface area contributed by atoms with Gasteiger partial charge >= 0.3 is 0 Å². The molecule has 32 valence electrons. The number of alkyl halides is 2. The van der Waals surface area contributed by atoms with Crippen LogP contribution in [0.2, 0.25) is 0 Å². The van der Waals surface area contributed by atoms with Gasteiger partial charge in [-0.1, -0.05) is 0 Å². The summed E-state index contributed by atoms with van der Waals surface area (Å²) in [6.45, 7) is 0. The van der Waals surface area contributed by atoms with Gasteiger partial charge in [0.15, 0.2) is 0 Å². The van der Waals surface area contributed by atoms with Gasteiger partial charge in [-0.15, -0.1) is 23.2 Å². The third-order valence-corrected chi connectivity index (χ3v) is 0. The third-order valence-electron chi connectivity index (χ3n) is 0. The summed E-state index contributed by atoms with van der Waals surface area (Å²) >= 11 is 9.53. The van der Waals surface area contributed by atoms with Gasteiger partial charge in [0.05, 0.1) is 5.34 Å². The number of rotatable bonds is 0. The zero-order valence-electron chi connectivity index (χ0n) is 2.99. The Bertz CT molecular complexity index is 41.3. The van der Waals surface area contributed by atoms with Crippen molar-refractivity contribution in [1.29, 1.82) is 5.26 Å². The molecule has 1 nitrogen and oxygen atoms in total. The van der Waals surface area contributed by atoms with Gasteiger partial charge in [0, 0.05) is 0 Å². The van der Waals surface area contributed by atoms with E-state index in [1.807, 2.05) is 0 Å². The fourth-order valence-corrected chi connectivity index (χ4v) is 0. The van der Waals surface area contributed by atoms with Crippen molar-refractivity contribution in [2.45, 2.75) is 0 Å². The van der Waals surface area contributed by atoms with E-state index in [-0.39, 0.29) is 5.34 Å². The molecule has 0 aliphatic rings. The van der Waals surface area contributed by atoms with Crippen LogP contribution < -0.4 is 0 Å². The maximum atomic E-state index is 7.10. The Labute approximate surface area is 48.3 Å². The summed E-state index contributed by atoms with van der Waals surface area (Å²) in [6.07, 6.45) is 0. The van der Waals surface area contributed by atoms with E-state index >= 15 is 0 Å². The van der Waals surface area contributed by atoms with Crippen LogP contribution in [0, 0.1) is 11.2 Å². The van der Waals surface area contributed by atoms with Crippen molar-refractivity contribution in [3.8, 4) is 5.97 Å². The summed E-state index contributed by atoms with van der Waals surface area (Å²) in [5, 5.41) is 7.29. The van der Waals surface area contributed by atoms with Crippen LogP contribution >= 0.6 is 23.2 Å². The first-order valence-corrected chi connectivity index (χ1v) is 2.12. The lowest BCUT2D eigenvalue weighted by Crippen LogP contribution is -1.32. The Hall–Kier alpha value is 0.135. The van der Waals surface area contributed by atoms with Crippen LogP contribution in [0.3, 0.4) is 0 Å². The van der Waals surface area contributed by atoms with E-state index in [0.29, 0.717) is 0 Å². The Kier molecular flexibility index (Phi) is 30.4. The van der Waals surface area contributed by atoms with Crippen molar-refractivity contribution in [3.63, 3.8) is 0 Å². The van der Waals surface area contributed by atoms with E-state index < -0.39 is 0 Å². The molecule has 0 aliphatic carbocycles.